The Hall–Kier alpha value is -1.85. The summed E-state index contributed by atoms with van der Waals surface area (Å²) < 4.78 is 0. The third-order valence-corrected chi connectivity index (χ3v) is 4.67. The van der Waals surface area contributed by atoms with Crippen LogP contribution in [0.2, 0.25) is 0 Å². The van der Waals surface area contributed by atoms with Crippen LogP contribution >= 0.6 is 0 Å². The van der Waals surface area contributed by atoms with Gasteiger partial charge in [-0.3, -0.25) is 0 Å². The summed E-state index contributed by atoms with van der Waals surface area (Å²) in [5.41, 5.74) is 1.88. The summed E-state index contributed by atoms with van der Waals surface area (Å²) in [6.07, 6.45) is 1.15. The van der Waals surface area contributed by atoms with Gasteiger partial charge < -0.3 is 15.3 Å². The fourth-order valence-electron chi connectivity index (χ4n) is 3.95. The minimum atomic E-state index is -0.795. The van der Waals surface area contributed by atoms with Crippen LogP contribution in [0, 0.1) is 25.7 Å². The first-order chi connectivity index (χ1) is 9.84. The average molecular weight is 290 g/mol. The zero-order valence-electron chi connectivity index (χ0n) is 12.8. The zero-order valence-corrected chi connectivity index (χ0v) is 12.8. The standard InChI is InChI=1S/C15H22N4O2/c1-9-4-10(2)17-13(16-9)18-15(3)5-11-7-19(14(20)21)8-12(11)6-15/h4,11-12H,5-8H2,1-3H3,(H,20,21)(H,16,17,18)/t11-,12+,15?. The van der Waals surface area contributed by atoms with Gasteiger partial charge in [-0.15, -0.1) is 0 Å². The normalized spacial score (nSPS) is 31.3. The third-order valence-electron chi connectivity index (χ3n) is 4.67. The van der Waals surface area contributed by atoms with Crippen LogP contribution in [0.4, 0.5) is 10.7 Å². The maximum atomic E-state index is 11.1. The van der Waals surface area contributed by atoms with Crippen molar-refractivity contribution in [3.8, 4) is 0 Å². The van der Waals surface area contributed by atoms with Crippen molar-refractivity contribution in [2.45, 2.75) is 39.2 Å². The molecule has 1 saturated carbocycles. The molecule has 1 aliphatic heterocycles. The highest BCUT2D eigenvalue weighted by Gasteiger charge is 2.48. The molecule has 0 spiro atoms. The van der Waals surface area contributed by atoms with Gasteiger partial charge in [0, 0.05) is 30.0 Å². The first-order valence-electron chi connectivity index (χ1n) is 7.43. The first-order valence-corrected chi connectivity index (χ1v) is 7.43. The molecule has 2 heterocycles. The predicted molar refractivity (Wildman–Crippen MR) is 79.3 cm³/mol. The van der Waals surface area contributed by atoms with E-state index in [9.17, 15) is 4.79 Å². The second-order valence-electron chi connectivity index (χ2n) is 6.78. The number of hydrogen-bond acceptors (Lipinski definition) is 4. The van der Waals surface area contributed by atoms with Crippen molar-refractivity contribution in [1.29, 1.82) is 0 Å². The number of fused-ring (bicyclic) bond motifs is 1. The maximum absolute atomic E-state index is 11.1. The van der Waals surface area contributed by atoms with Gasteiger partial charge in [-0.2, -0.15) is 0 Å². The zero-order chi connectivity index (χ0) is 15.2. The number of aryl methyl sites for hydroxylation is 2. The number of amides is 1. The highest BCUT2D eigenvalue weighted by Crippen LogP contribution is 2.44. The van der Waals surface area contributed by atoms with Crippen molar-refractivity contribution in [1.82, 2.24) is 14.9 Å². The van der Waals surface area contributed by atoms with Crippen LogP contribution in [0.15, 0.2) is 6.07 Å². The van der Waals surface area contributed by atoms with Crippen molar-refractivity contribution in [3.63, 3.8) is 0 Å². The van der Waals surface area contributed by atoms with E-state index in [2.05, 4.69) is 22.2 Å². The summed E-state index contributed by atoms with van der Waals surface area (Å²) in [6, 6.07) is 1.96. The van der Waals surface area contributed by atoms with Gasteiger partial charge in [-0.1, -0.05) is 0 Å². The molecule has 1 aliphatic carbocycles. The molecule has 3 atom stereocenters. The molecule has 0 aromatic carbocycles. The Balaban J connectivity index is 1.69. The molecular weight excluding hydrogens is 268 g/mol. The Kier molecular flexibility index (Phi) is 3.26. The molecule has 6 nitrogen and oxygen atoms in total. The molecule has 2 fully saturated rings. The van der Waals surface area contributed by atoms with E-state index in [-0.39, 0.29) is 5.54 Å². The number of nitrogens with zero attached hydrogens (tertiary/aromatic N) is 3. The third kappa shape index (κ3) is 2.80. The minimum absolute atomic E-state index is 0.0415. The molecule has 2 aliphatic rings. The minimum Gasteiger partial charge on any atom is -0.465 e. The highest BCUT2D eigenvalue weighted by molar-refractivity contribution is 5.65. The molecule has 0 bridgehead atoms. The van der Waals surface area contributed by atoms with Crippen LogP contribution < -0.4 is 5.32 Å². The van der Waals surface area contributed by atoms with E-state index in [4.69, 9.17) is 5.11 Å². The van der Waals surface area contributed by atoms with E-state index in [1.807, 2.05) is 19.9 Å². The molecule has 2 N–H and O–H groups in total. The second-order valence-corrected chi connectivity index (χ2v) is 6.78. The van der Waals surface area contributed by atoms with Crippen molar-refractivity contribution >= 4 is 12.0 Å². The van der Waals surface area contributed by atoms with Crippen LogP contribution in [0.5, 0.6) is 0 Å². The SMILES string of the molecule is Cc1cc(C)nc(NC2(C)C[C@H]3CN(C(=O)O)C[C@H]3C2)n1. The topological polar surface area (TPSA) is 78.4 Å². The first kappa shape index (κ1) is 14.1. The number of carbonyl (C=O) groups is 1. The van der Waals surface area contributed by atoms with Crippen LogP contribution in [-0.4, -0.2) is 44.7 Å². The van der Waals surface area contributed by atoms with E-state index < -0.39 is 6.09 Å². The number of hydrogen-bond donors (Lipinski definition) is 2. The van der Waals surface area contributed by atoms with Gasteiger partial charge in [-0.25, -0.2) is 14.8 Å². The van der Waals surface area contributed by atoms with Crippen molar-refractivity contribution in [3.05, 3.63) is 17.5 Å². The van der Waals surface area contributed by atoms with Crippen molar-refractivity contribution in [2.75, 3.05) is 18.4 Å². The molecule has 21 heavy (non-hydrogen) atoms. The monoisotopic (exact) mass is 290 g/mol. The highest BCUT2D eigenvalue weighted by atomic mass is 16.4. The predicted octanol–water partition coefficient (Wildman–Crippen LogP) is 2.28. The maximum Gasteiger partial charge on any atom is 0.407 e. The molecule has 3 rings (SSSR count). The van der Waals surface area contributed by atoms with E-state index in [1.165, 1.54) is 0 Å². The Labute approximate surface area is 124 Å². The average Bonchev–Trinajstić information content (AvgIpc) is 2.81. The van der Waals surface area contributed by atoms with Gasteiger partial charge in [0.15, 0.2) is 0 Å². The van der Waals surface area contributed by atoms with Gasteiger partial charge in [-0.05, 0) is 51.5 Å². The second kappa shape index (κ2) is 4.86. The van der Waals surface area contributed by atoms with Gasteiger partial charge in [0.1, 0.15) is 0 Å². The molecular formula is C15H22N4O2. The van der Waals surface area contributed by atoms with E-state index in [0.717, 1.165) is 24.2 Å². The summed E-state index contributed by atoms with van der Waals surface area (Å²) in [5, 5.41) is 12.6. The van der Waals surface area contributed by atoms with E-state index >= 15 is 0 Å². The Morgan fingerprint density at radius 2 is 1.81 bits per heavy atom. The molecule has 114 valence electrons. The Bertz CT molecular complexity index is 541. The van der Waals surface area contributed by atoms with Gasteiger partial charge >= 0.3 is 6.09 Å². The van der Waals surface area contributed by atoms with Crippen LogP contribution in [0.1, 0.15) is 31.2 Å². The number of anilines is 1. The van der Waals surface area contributed by atoms with Crippen molar-refractivity contribution < 1.29 is 9.90 Å². The molecule has 1 saturated heterocycles. The largest absolute Gasteiger partial charge is 0.465 e. The quantitative estimate of drug-likeness (QED) is 0.873. The lowest BCUT2D eigenvalue weighted by Crippen LogP contribution is -2.36. The summed E-state index contributed by atoms with van der Waals surface area (Å²) in [4.78, 5) is 21.5. The fraction of sp³-hybridized carbons (Fsp3) is 0.667. The van der Waals surface area contributed by atoms with Gasteiger partial charge in [0.25, 0.3) is 0 Å². The summed E-state index contributed by atoms with van der Waals surface area (Å²) in [7, 11) is 0. The molecule has 1 aromatic heterocycles. The number of likely N-dealkylation sites (tertiary alicyclic amines) is 1. The smallest absolute Gasteiger partial charge is 0.407 e. The lowest BCUT2D eigenvalue weighted by atomic mass is 9.98. The molecule has 1 amide bonds. The van der Waals surface area contributed by atoms with E-state index in [1.54, 1.807) is 4.90 Å². The summed E-state index contributed by atoms with van der Waals surface area (Å²) >= 11 is 0. The summed E-state index contributed by atoms with van der Waals surface area (Å²) in [6.45, 7) is 7.44. The Morgan fingerprint density at radius 1 is 1.29 bits per heavy atom. The van der Waals surface area contributed by atoms with Crippen LogP contribution in [0.25, 0.3) is 0 Å². The molecule has 6 heteroatoms. The Morgan fingerprint density at radius 3 is 2.29 bits per heavy atom. The molecule has 1 aromatic rings. The van der Waals surface area contributed by atoms with Gasteiger partial charge in [0.2, 0.25) is 5.95 Å². The fourth-order valence-corrected chi connectivity index (χ4v) is 3.95. The molecule has 1 unspecified atom stereocenters. The van der Waals surface area contributed by atoms with E-state index in [0.29, 0.717) is 30.9 Å². The number of nitrogens with one attached hydrogen (secondary N) is 1. The number of aromatic nitrogens is 2. The molecule has 0 radical (unpaired) electrons. The lowest BCUT2D eigenvalue weighted by molar-refractivity contribution is 0.151. The van der Waals surface area contributed by atoms with Gasteiger partial charge in [0.05, 0.1) is 0 Å². The van der Waals surface area contributed by atoms with Crippen molar-refractivity contribution in [2.24, 2.45) is 11.8 Å². The van der Waals surface area contributed by atoms with Crippen LogP contribution in [-0.2, 0) is 0 Å². The lowest BCUT2D eigenvalue weighted by Gasteiger charge is -2.28. The number of rotatable bonds is 2. The summed E-state index contributed by atoms with van der Waals surface area (Å²) in [5.74, 6) is 1.58. The van der Waals surface area contributed by atoms with Crippen LogP contribution in [0.3, 0.4) is 0 Å². The number of carboxylic acid groups (broad SMARTS) is 1.